The van der Waals surface area contributed by atoms with Crippen LogP contribution in [0.5, 0.6) is 0 Å². The minimum atomic E-state index is -0.659. The molecule has 0 aliphatic carbocycles. The summed E-state index contributed by atoms with van der Waals surface area (Å²) in [7, 11) is 1.66. The van der Waals surface area contributed by atoms with Crippen molar-refractivity contribution in [3.05, 3.63) is 78.2 Å². The van der Waals surface area contributed by atoms with Crippen molar-refractivity contribution in [2.24, 2.45) is 7.05 Å². The highest BCUT2D eigenvalue weighted by Crippen LogP contribution is 2.26. The van der Waals surface area contributed by atoms with Gasteiger partial charge in [-0.25, -0.2) is 9.18 Å². The van der Waals surface area contributed by atoms with Crippen LogP contribution >= 0.6 is 0 Å². The maximum Gasteiger partial charge on any atom is 0.411 e. The van der Waals surface area contributed by atoms with Crippen molar-refractivity contribution < 1.29 is 13.9 Å². The van der Waals surface area contributed by atoms with Gasteiger partial charge in [-0.15, -0.1) is 10.2 Å². The molecule has 0 spiro atoms. The second kappa shape index (κ2) is 8.48. The van der Waals surface area contributed by atoms with Crippen molar-refractivity contribution in [1.82, 2.24) is 25.2 Å². The Kier molecular flexibility index (Phi) is 5.42. The van der Waals surface area contributed by atoms with Gasteiger partial charge in [0.05, 0.1) is 7.05 Å². The van der Waals surface area contributed by atoms with Gasteiger partial charge >= 0.3 is 6.09 Å². The Morgan fingerprint density at radius 1 is 1.13 bits per heavy atom. The summed E-state index contributed by atoms with van der Waals surface area (Å²) in [4.78, 5) is 17.5. The number of halogens is 1. The van der Waals surface area contributed by atoms with Gasteiger partial charge in [0.15, 0.2) is 0 Å². The molecule has 0 saturated carbocycles. The van der Waals surface area contributed by atoms with Crippen LogP contribution in [-0.4, -0.2) is 31.3 Å². The Morgan fingerprint density at radius 2 is 1.97 bits per heavy atom. The monoisotopic (exact) mass is 404 g/mol. The lowest BCUT2D eigenvalue weighted by atomic mass is 10.1. The molecule has 0 aliphatic rings. The average Bonchev–Trinajstić information content (AvgIpc) is 3.20. The predicted molar refractivity (Wildman–Crippen MR) is 108 cm³/mol. The van der Waals surface area contributed by atoms with Crippen LogP contribution in [0.15, 0.2) is 66.9 Å². The topological polar surface area (TPSA) is 94.8 Å². The zero-order chi connectivity index (χ0) is 20.9. The van der Waals surface area contributed by atoms with E-state index in [0.29, 0.717) is 28.3 Å². The average molecular weight is 404 g/mol. The molecule has 2 aromatic carbocycles. The summed E-state index contributed by atoms with van der Waals surface area (Å²) in [5, 5.41) is 14.3. The number of carbonyl (C=O) groups excluding carboxylic acids is 1. The fraction of sp³-hybridized carbons (Fsp3) is 0.0952. The van der Waals surface area contributed by atoms with E-state index < -0.39 is 11.9 Å². The van der Waals surface area contributed by atoms with E-state index in [9.17, 15) is 9.18 Å². The Labute approximate surface area is 171 Å². The highest BCUT2D eigenvalue weighted by molar-refractivity contribution is 5.85. The van der Waals surface area contributed by atoms with Crippen LogP contribution in [0.4, 0.5) is 14.9 Å². The second-order valence-electron chi connectivity index (χ2n) is 6.42. The van der Waals surface area contributed by atoms with Crippen LogP contribution in [0, 0.1) is 5.82 Å². The molecule has 0 atom stereocenters. The number of amides is 1. The van der Waals surface area contributed by atoms with Crippen LogP contribution in [0.3, 0.4) is 0 Å². The number of nitrogens with one attached hydrogen (secondary N) is 1. The number of nitrogens with zero attached hydrogens (tertiary/aromatic N) is 5. The summed E-state index contributed by atoms with van der Waals surface area (Å²) in [5.41, 5.74) is 2.62. The Balaban J connectivity index is 1.42. The van der Waals surface area contributed by atoms with Crippen molar-refractivity contribution >= 4 is 11.8 Å². The number of aryl methyl sites for hydroxylation is 1. The van der Waals surface area contributed by atoms with Crippen LogP contribution in [0.2, 0.25) is 0 Å². The number of tetrazole rings is 1. The summed E-state index contributed by atoms with van der Waals surface area (Å²) in [6.07, 6.45) is 0.874. The molecule has 8 nitrogen and oxygen atoms in total. The first kappa shape index (κ1) is 19.2. The van der Waals surface area contributed by atoms with Gasteiger partial charge < -0.3 is 4.74 Å². The molecule has 2 aromatic heterocycles. The van der Waals surface area contributed by atoms with Gasteiger partial charge in [0, 0.05) is 23.0 Å². The molecular weight excluding hydrogens is 387 g/mol. The lowest BCUT2D eigenvalue weighted by Crippen LogP contribution is -2.13. The maximum atomic E-state index is 14.6. The van der Waals surface area contributed by atoms with Gasteiger partial charge in [-0.1, -0.05) is 36.4 Å². The number of carbonyl (C=O) groups is 1. The van der Waals surface area contributed by atoms with Crippen LogP contribution in [-0.2, 0) is 18.4 Å². The molecule has 0 unspecified atom stereocenters. The summed E-state index contributed by atoms with van der Waals surface area (Å²) < 4.78 is 19.7. The fourth-order valence-corrected chi connectivity index (χ4v) is 2.78. The summed E-state index contributed by atoms with van der Waals surface area (Å²) in [6.45, 7) is 0.131. The summed E-state index contributed by atoms with van der Waals surface area (Å²) in [6, 6.07) is 17.1. The molecular formula is C21H17FN6O2. The first-order chi connectivity index (χ1) is 14.6. The zero-order valence-corrected chi connectivity index (χ0v) is 16.0. The molecule has 0 bridgehead atoms. The first-order valence-corrected chi connectivity index (χ1v) is 9.06. The van der Waals surface area contributed by atoms with Crippen LogP contribution in [0.1, 0.15) is 5.56 Å². The van der Waals surface area contributed by atoms with E-state index in [0.717, 1.165) is 5.56 Å². The maximum absolute atomic E-state index is 14.6. The van der Waals surface area contributed by atoms with Crippen molar-refractivity contribution in [3.8, 4) is 22.6 Å². The normalized spacial score (nSPS) is 10.6. The van der Waals surface area contributed by atoms with Gasteiger partial charge in [-0.3, -0.25) is 10.3 Å². The molecule has 150 valence electrons. The standard InChI is InChI=1S/C21H17FN6O2/c1-28-26-20(25-27-28)19-10-7-15(12-23-19)17-9-8-16(11-18(17)22)24-21(29)30-13-14-5-3-2-4-6-14/h2-12H,13H2,1H3,(H,24,29). The molecule has 0 saturated heterocycles. The van der Waals surface area contributed by atoms with E-state index >= 15 is 0 Å². The van der Waals surface area contributed by atoms with E-state index in [-0.39, 0.29) is 6.61 Å². The van der Waals surface area contributed by atoms with E-state index in [1.165, 1.54) is 17.1 Å². The number of rotatable bonds is 5. The fourth-order valence-electron chi connectivity index (χ4n) is 2.78. The summed E-state index contributed by atoms with van der Waals surface area (Å²) >= 11 is 0. The number of ether oxygens (including phenoxy) is 1. The first-order valence-electron chi connectivity index (χ1n) is 9.06. The van der Waals surface area contributed by atoms with Crippen molar-refractivity contribution in [2.75, 3.05) is 5.32 Å². The number of benzene rings is 2. The van der Waals surface area contributed by atoms with E-state index in [2.05, 4.69) is 25.7 Å². The van der Waals surface area contributed by atoms with E-state index in [1.807, 2.05) is 30.3 Å². The predicted octanol–water partition coefficient (Wildman–Crippen LogP) is 3.83. The molecule has 0 radical (unpaired) electrons. The number of anilines is 1. The third-order valence-electron chi connectivity index (χ3n) is 4.24. The number of hydrogen-bond donors (Lipinski definition) is 1. The van der Waals surface area contributed by atoms with Gasteiger partial charge in [-0.2, -0.15) is 4.80 Å². The van der Waals surface area contributed by atoms with Gasteiger partial charge in [0.25, 0.3) is 0 Å². The zero-order valence-electron chi connectivity index (χ0n) is 16.0. The minimum Gasteiger partial charge on any atom is -0.444 e. The Bertz CT molecular complexity index is 1160. The molecule has 1 amide bonds. The number of hydrogen-bond acceptors (Lipinski definition) is 6. The largest absolute Gasteiger partial charge is 0.444 e. The molecule has 0 aliphatic heterocycles. The lowest BCUT2D eigenvalue weighted by Gasteiger charge is -2.09. The molecule has 1 N–H and O–H groups in total. The molecule has 4 rings (SSSR count). The lowest BCUT2D eigenvalue weighted by molar-refractivity contribution is 0.155. The molecule has 9 heteroatoms. The van der Waals surface area contributed by atoms with E-state index in [4.69, 9.17) is 4.74 Å². The molecule has 4 aromatic rings. The molecule has 0 fully saturated rings. The Hall–Kier alpha value is -4.14. The molecule has 30 heavy (non-hydrogen) atoms. The second-order valence-corrected chi connectivity index (χ2v) is 6.42. The van der Waals surface area contributed by atoms with Crippen molar-refractivity contribution in [3.63, 3.8) is 0 Å². The van der Waals surface area contributed by atoms with E-state index in [1.54, 1.807) is 31.3 Å². The van der Waals surface area contributed by atoms with Gasteiger partial charge in [0.2, 0.25) is 5.82 Å². The SMILES string of the molecule is Cn1nnc(-c2ccc(-c3ccc(NC(=O)OCc4ccccc4)cc3F)cn2)n1. The van der Waals surface area contributed by atoms with Crippen LogP contribution in [0.25, 0.3) is 22.6 Å². The summed E-state index contributed by atoms with van der Waals surface area (Å²) in [5.74, 6) is -0.110. The number of pyridine rings is 1. The third kappa shape index (κ3) is 4.46. The van der Waals surface area contributed by atoms with Gasteiger partial charge in [-0.05, 0) is 35.0 Å². The van der Waals surface area contributed by atoms with Gasteiger partial charge in [0.1, 0.15) is 18.1 Å². The minimum absolute atomic E-state index is 0.131. The van der Waals surface area contributed by atoms with Crippen molar-refractivity contribution in [1.29, 1.82) is 0 Å². The van der Waals surface area contributed by atoms with Crippen molar-refractivity contribution in [2.45, 2.75) is 6.61 Å². The third-order valence-corrected chi connectivity index (χ3v) is 4.24. The smallest absolute Gasteiger partial charge is 0.411 e. The number of aromatic nitrogens is 5. The Morgan fingerprint density at radius 3 is 2.63 bits per heavy atom. The molecule has 2 heterocycles. The van der Waals surface area contributed by atoms with Crippen LogP contribution < -0.4 is 5.32 Å². The highest BCUT2D eigenvalue weighted by Gasteiger charge is 2.11. The highest BCUT2D eigenvalue weighted by atomic mass is 19.1. The quantitative estimate of drug-likeness (QED) is 0.543.